The first kappa shape index (κ1) is 22.6. The molecular weight excluding hydrogens is 513 g/mol. The number of halogens is 4. The first-order chi connectivity index (χ1) is 16.1. The van der Waals surface area contributed by atoms with Crippen LogP contribution in [0.2, 0.25) is 0 Å². The number of anilines is 2. The van der Waals surface area contributed by atoms with Crippen molar-refractivity contribution in [2.45, 2.75) is 25.2 Å². The number of carbonyl (C=O) groups is 2. The number of hydrogen-bond acceptors (Lipinski definition) is 4. The lowest BCUT2D eigenvalue weighted by Crippen LogP contribution is -2.37. The highest BCUT2D eigenvalue weighted by Crippen LogP contribution is 2.48. The van der Waals surface area contributed by atoms with Gasteiger partial charge in [0.25, 0.3) is 5.91 Å². The van der Waals surface area contributed by atoms with Gasteiger partial charge in [-0.25, -0.2) is 9.96 Å². The maximum atomic E-state index is 13.6. The van der Waals surface area contributed by atoms with Gasteiger partial charge in [-0.05, 0) is 48.9 Å². The van der Waals surface area contributed by atoms with E-state index in [1.807, 2.05) is 49.4 Å². The van der Waals surface area contributed by atoms with Crippen LogP contribution in [-0.4, -0.2) is 17.9 Å². The van der Waals surface area contributed by atoms with Crippen molar-refractivity contribution in [1.29, 1.82) is 0 Å². The van der Waals surface area contributed by atoms with Crippen molar-refractivity contribution in [1.82, 2.24) is 0 Å². The number of amides is 2. The Morgan fingerprint density at radius 1 is 0.882 bits per heavy atom. The summed E-state index contributed by atoms with van der Waals surface area (Å²) in [6.45, 7) is 1.93. The number of hydrogen-bond donors (Lipinski definition) is 0. The number of carbonyl (C=O) groups excluding carboxylic acids is 2. The maximum absolute atomic E-state index is 13.6. The van der Waals surface area contributed by atoms with E-state index in [4.69, 9.17) is 4.84 Å². The van der Waals surface area contributed by atoms with Crippen molar-refractivity contribution in [2.75, 3.05) is 9.96 Å². The van der Waals surface area contributed by atoms with Crippen molar-refractivity contribution in [3.63, 3.8) is 0 Å². The average molecular weight is 531 g/mol. The highest BCUT2D eigenvalue weighted by atomic mass is 79.9. The lowest BCUT2D eigenvalue weighted by Gasteiger charge is -2.29. The molecule has 0 radical (unpaired) electrons. The zero-order valence-corrected chi connectivity index (χ0v) is 19.4. The third-order valence-corrected chi connectivity index (χ3v) is 6.52. The predicted octanol–water partition coefficient (Wildman–Crippen LogP) is 5.83. The molecule has 2 amide bonds. The van der Waals surface area contributed by atoms with E-state index >= 15 is 0 Å². The molecule has 174 valence electrons. The van der Waals surface area contributed by atoms with Gasteiger partial charge in [0.15, 0.2) is 6.10 Å². The zero-order valence-electron chi connectivity index (χ0n) is 17.8. The lowest BCUT2D eigenvalue weighted by molar-refractivity contribution is -0.137. The van der Waals surface area contributed by atoms with E-state index in [9.17, 15) is 22.8 Å². The van der Waals surface area contributed by atoms with Crippen LogP contribution in [0.15, 0.2) is 77.3 Å². The van der Waals surface area contributed by atoms with E-state index in [2.05, 4.69) is 15.9 Å². The molecule has 2 fully saturated rings. The molecule has 2 saturated heterocycles. The van der Waals surface area contributed by atoms with Crippen LogP contribution in [0, 0.1) is 12.8 Å². The molecule has 3 atom stereocenters. The molecule has 5 rings (SSSR count). The summed E-state index contributed by atoms with van der Waals surface area (Å²) in [6.07, 6.45) is -5.76. The Hall–Kier alpha value is -3.17. The van der Waals surface area contributed by atoms with Crippen molar-refractivity contribution in [3.05, 3.63) is 94.0 Å². The molecule has 3 aromatic carbocycles. The van der Waals surface area contributed by atoms with Gasteiger partial charge in [-0.3, -0.25) is 14.4 Å². The van der Waals surface area contributed by atoms with Gasteiger partial charge >= 0.3 is 6.18 Å². The van der Waals surface area contributed by atoms with E-state index in [1.54, 1.807) is 11.1 Å². The van der Waals surface area contributed by atoms with Crippen molar-refractivity contribution < 1.29 is 27.6 Å². The number of nitrogens with zero attached hydrogens (tertiary/aromatic N) is 2. The van der Waals surface area contributed by atoms with Gasteiger partial charge in [0.1, 0.15) is 5.92 Å². The summed E-state index contributed by atoms with van der Waals surface area (Å²) in [5.74, 6) is -2.22. The highest BCUT2D eigenvalue weighted by molar-refractivity contribution is 9.10. The van der Waals surface area contributed by atoms with Gasteiger partial charge in [0.2, 0.25) is 5.91 Å². The SMILES string of the molecule is Cc1ccc([C@H]2[C@H]3C(=O)N(c4cccc(C(F)(F)F)c4)C(=O)[C@H]3ON2c2cccc(Br)c2)cc1. The van der Waals surface area contributed by atoms with E-state index in [0.717, 1.165) is 32.6 Å². The molecule has 0 N–H and O–H groups in total. The Morgan fingerprint density at radius 3 is 2.24 bits per heavy atom. The molecule has 34 heavy (non-hydrogen) atoms. The largest absolute Gasteiger partial charge is 0.416 e. The second-order valence-electron chi connectivity index (χ2n) is 8.27. The summed E-state index contributed by atoms with van der Waals surface area (Å²) in [5.41, 5.74) is 1.35. The predicted molar refractivity (Wildman–Crippen MR) is 123 cm³/mol. The standard InChI is InChI=1S/C25H18BrF3N2O3/c1-14-8-10-15(11-9-14)21-20-22(34-31(21)19-7-3-5-17(26)13-19)24(33)30(23(20)32)18-6-2-4-16(12-18)25(27,28)29/h2-13,20-22H,1H3/t20-,21+,22+/m1/s1. The third-order valence-electron chi connectivity index (χ3n) is 6.03. The molecule has 3 aromatic rings. The van der Waals surface area contributed by atoms with Crippen LogP contribution in [0.4, 0.5) is 24.5 Å². The fraction of sp³-hybridized carbons (Fsp3) is 0.200. The first-order valence-electron chi connectivity index (χ1n) is 10.5. The number of imide groups is 1. The molecule has 2 heterocycles. The Bertz CT molecular complexity index is 1280. The fourth-order valence-electron chi connectivity index (χ4n) is 4.43. The summed E-state index contributed by atoms with van der Waals surface area (Å²) in [5, 5.41) is 1.55. The second-order valence-corrected chi connectivity index (χ2v) is 9.19. The fourth-order valence-corrected chi connectivity index (χ4v) is 4.82. The average Bonchev–Trinajstić information content (AvgIpc) is 3.30. The molecule has 0 saturated carbocycles. The van der Waals surface area contributed by atoms with E-state index in [1.165, 1.54) is 12.1 Å². The van der Waals surface area contributed by atoms with E-state index in [0.29, 0.717) is 5.69 Å². The smallest absolute Gasteiger partial charge is 0.273 e. The summed E-state index contributed by atoms with van der Waals surface area (Å²) >= 11 is 3.43. The van der Waals surface area contributed by atoms with Crippen LogP contribution in [0.5, 0.6) is 0 Å². The second kappa shape index (κ2) is 8.25. The molecule has 0 bridgehead atoms. The van der Waals surface area contributed by atoms with Gasteiger partial charge in [0.05, 0.1) is 23.0 Å². The van der Waals surface area contributed by atoms with Crippen LogP contribution < -0.4 is 9.96 Å². The number of alkyl halides is 3. The number of benzene rings is 3. The maximum Gasteiger partial charge on any atom is 0.416 e. The summed E-state index contributed by atoms with van der Waals surface area (Å²) in [6, 6.07) is 18.3. The summed E-state index contributed by atoms with van der Waals surface area (Å²) in [7, 11) is 0. The van der Waals surface area contributed by atoms with Crippen molar-refractivity contribution >= 4 is 39.1 Å². The molecule has 9 heteroatoms. The highest BCUT2D eigenvalue weighted by Gasteiger charge is 2.60. The monoisotopic (exact) mass is 530 g/mol. The number of aryl methyl sites for hydroxylation is 1. The van der Waals surface area contributed by atoms with Crippen LogP contribution in [0.25, 0.3) is 0 Å². The third kappa shape index (κ3) is 3.78. The van der Waals surface area contributed by atoms with Crippen molar-refractivity contribution in [2.24, 2.45) is 5.92 Å². The molecule has 0 spiro atoms. The first-order valence-corrected chi connectivity index (χ1v) is 11.3. The zero-order chi connectivity index (χ0) is 24.2. The quantitative estimate of drug-likeness (QED) is 0.400. The molecule has 0 aromatic heterocycles. The minimum absolute atomic E-state index is 0.125. The Labute approximate surface area is 201 Å². The van der Waals surface area contributed by atoms with Crippen LogP contribution in [-0.2, 0) is 20.6 Å². The Morgan fingerprint density at radius 2 is 1.56 bits per heavy atom. The van der Waals surface area contributed by atoms with E-state index < -0.39 is 41.6 Å². The van der Waals surface area contributed by atoms with Crippen molar-refractivity contribution in [3.8, 4) is 0 Å². The molecular formula is C25H18BrF3N2O3. The number of rotatable bonds is 3. The van der Waals surface area contributed by atoms with Gasteiger partial charge < -0.3 is 0 Å². The van der Waals surface area contributed by atoms with Gasteiger partial charge in [0, 0.05) is 4.47 Å². The molecule has 2 aliphatic rings. The Balaban J connectivity index is 1.57. The van der Waals surface area contributed by atoms with Gasteiger partial charge in [-0.2, -0.15) is 13.2 Å². The van der Waals surface area contributed by atoms with E-state index in [-0.39, 0.29) is 5.69 Å². The molecule has 2 aliphatic heterocycles. The molecule has 0 unspecified atom stereocenters. The summed E-state index contributed by atoms with van der Waals surface area (Å²) in [4.78, 5) is 33.7. The summed E-state index contributed by atoms with van der Waals surface area (Å²) < 4.78 is 40.5. The molecule has 0 aliphatic carbocycles. The topological polar surface area (TPSA) is 49.9 Å². The number of fused-ring (bicyclic) bond motifs is 1. The van der Waals surface area contributed by atoms with Gasteiger partial charge in [-0.15, -0.1) is 0 Å². The van der Waals surface area contributed by atoms with Crippen LogP contribution in [0.3, 0.4) is 0 Å². The number of hydroxylamine groups is 1. The van der Waals surface area contributed by atoms with Crippen LogP contribution >= 0.6 is 15.9 Å². The minimum Gasteiger partial charge on any atom is -0.273 e. The minimum atomic E-state index is -4.60. The lowest BCUT2D eigenvalue weighted by atomic mass is 9.90. The Kier molecular flexibility index (Phi) is 5.49. The molecule has 5 nitrogen and oxygen atoms in total. The van der Waals surface area contributed by atoms with Gasteiger partial charge in [-0.1, -0.05) is 57.9 Å². The van der Waals surface area contributed by atoms with Crippen LogP contribution in [0.1, 0.15) is 22.7 Å². The normalized spacial score (nSPS) is 22.4.